The number of aryl methyl sites for hydroxylation is 1. The van der Waals surface area contributed by atoms with Crippen molar-refractivity contribution in [3.05, 3.63) is 52.6 Å². The van der Waals surface area contributed by atoms with E-state index in [-0.39, 0.29) is 24.5 Å². The monoisotopic (exact) mass is 428 g/mol. The number of fused-ring (bicyclic) bond motifs is 6. The highest BCUT2D eigenvalue weighted by atomic mass is 32.2. The van der Waals surface area contributed by atoms with Crippen LogP contribution in [0.1, 0.15) is 46.8 Å². The molecule has 0 aliphatic carbocycles. The first kappa shape index (κ1) is 19.3. The number of halogens is 1. The zero-order chi connectivity index (χ0) is 21.2. The lowest BCUT2D eigenvalue weighted by atomic mass is 9.80. The highest BCUT2D eigenvalue weighted by molar-refractivity contribution is 8.03. The maximum absolute atomic E-state index is 13.8. The van der Waals surface area contributed by atoms with E-state index in [1.165, 1.54) is 0 Å². The van der Waals surface area contributed by atoms with Crippen molar-refractivity contribution in [3.63, 3.8) is 0 Å². The second-order valence-corrected chi connectivity index (χ2v) is 8.87. The molecule has 0 saturated heterocycles. The van der Waals surface area contributed by atoms with Gasteiger partial charge in [0.1, 0.15) is 41.3 Å². The van der Waals surface area contributed by atoms with Crippen molar-refractivity contribution < 1.29 is 27.6 Å². The van der Waals surface area contributed by atoms with E-state index in [4.69, 9.17) is 18.9 Å². The predicted octanol–water partition coefficient (Wildman–Crippen LogP) is 5.25. The van der Waals surface area contributed by atoms with Gasteiger partial charge in [-0.15, -0.1) is 0 Å². The van der Waals surface area contributed by atoms with Gasteiger partial charge < -0.3 is 18.9 Å². The van der Waals surface area contributed by atoms with Crippen molar-refractivity contribution in [3.8, 4) is 23.0 Å². The van der Waals surface area contributed by atoms with Crippen molar-refractivity contribution >= 4 is 22.8 Å². The van der Waals surface area contributed by atoms with Crippen molar-refractivity contribution in [1.82, 2.24) is 0 Å². The molecule has 0 unspecified atom stereocenters. The minimum Gasteiger partial charge on any atom is -0.496 e. The largest absolute Gasteiger partial charge is 0.496 e. The summed E-state index contributed by atoms with van der Waals surface area (Å²) in [4.78, 5) is 14.0. The van der Waals surface area contributed by atoms with Crippen LogP contribution >= 0.6 is 12.1 Å². The first-order chi connectivity index (χ1) is 14.3. The summed E-state index contributed by atoms with van der Waals surface area (Å²) in [7, 11) is 1.60. The normalized spacial score (nSPS) is 22.8. The first-order valence-electron chi connectivity index (χ1n) is 9.73. The molecule has 2 aromatic rings. The summed E-state index contributed by atoms with van der Waals surface area (Å²) < 4.78 is 37.5. The molecule has 0 saturated carbocycles. The number of rotatable bonds is 2. The molecule has 0 aromatic heterocycles. The first-order valence-corrected chi connectivity index (χ1v) is 10.4. The van der Waals surface area contributed by atoms with Gasteiger partial charge >= 0.3 is 0 Å². The third kappa shape index (κ3) is 2.79. The molecule has 0 radical (unpaired) electrons. The molecule has 0 bridgehead atoms. The van der Waals surface area contributed by atoms with Gasteiger partial charge in [-0.1, -0.05) is 0 Å². The lowest BCUT2D eigenvalue weighted by molar-refractivity contribution is 0.0553. The molecular formula is C23H21FO5S. The minimum atomic E-state index is -0.655. The van der Waals surface area contributed by atoms with Gasteiger partial charge in [0.05, 0.1) is 41.2 Å². The Kier molecular flexibility index (Phi) is 4.29. The summed E-state index contributed by atoms with van der Waals surface area (Å²) in [6, 6.07) is 7.16. The molecule has 3 aliphatic rings. The molecule has 3 aliphatic heterocycles. The topological polar surface area (TPSA) is 54.0 Å². The lowest BCUT2D eigenvalue weighted by Crippen LogP contribution is -2.43. The molecule has 2 atom stereocenters. The Hall–Kier alpha value is -2.67. The Bertz CT molecular complexity index is 1110. The summed E-state index contributed by atoms with van der Waals surface area (Å²) in [5, 5.41) is 0. The number of carbonyl (C=O) groups excluding carboxylic acids is 1. The molecule has 7 heteroatoms. The van der Waals surface area contributed by atoms with Crippen LogP contribution in [0.2, 0.25) is 0 Å². The van der Waals surface area contributed by atoms with Gasteiger partial charge in [0.25, 0.3) is 0 Å². The summed E-state index contributed by atoms with van der Waals surface area (Å²) in [6.45, 7) is 5.87. The van der Waals surface area contributed by atoms with E-state index in [0.717, 1.165) is 11.1 Å². The molecule has 0 spiro atoms. The van der Waals surface area contributed by atoms with E-state index in [0.29, 0.717) is 39.0 Å². The van der Waals surface area contributed by atoms with Crippen LogP contribution < -0.4 is 18.9 Å². The average molecular weight is 428 g/mol. The van der Waals surface area contributed by atoms with E-state index in [1.807, 2.05) is 32.9 Å². The van der Waals surface area contributed by atoms with Crippen LogP contribution in [-0.4, -0.2) is 31.2 Å². The van der Waals surface area contributed by atoms with E-state index >= 15 is 0 Å². The molecule has 0 N–H and O–H groups in total. The Labute approximate surface area is 178 Å². The van der Waals surface area contributed by atoms with Gasteiger partial charge in [-0.2, -0.15) is 3.89 Å². The minimum absolute atomic E-state index is 0.0763. The van der Waals surface area contributed by atoms with Gasteiger partial charge in [-0.3, -0.25) is 4.79 Å². The highest BCUT2D eigenvalue weighted by Gasteiger charge is 2.45. The Balaban J connectivity index is 1.65. The number of Topliss-reactive ketones (excluding diaryl/α,β-unsaturated/α-hetero) is 1. The van der Waals surface area contributed by atoms with E-state index in [1.54, 1.807) is 25.3 Å². The van der Waals surface area contributed by atoms with Crippen LogP contribution in [0.25, 0.3) is 4.91 Å². The number of ketones is 1. The number of hydrogen-bond donors (Lipinski definition) is 0. The number of ether oxygens (including phenoxy) is 4. The fourth-order valence-corrected chi connectivity index (χ4v) is 5.02. The lowest BCUT2D eigenvalue weighted by Gasteiger charge is -2.39. The SMILES string of the molecule is COc1cc2c(cc1C)OC[C@H]1Oc3c(ccc4c3C(SF)=CC(C)(C)O4)C(=O)[C@@H]21. The highest BCUT2D eigenvalue weighted by Crippen LogP contribution is 2.52. The fourth-order valence-electron chi connectivity index (χ4n) is 4.43. The maximum Gasteiger partial charge on any atom is 0.178 e. The fraction of sp³-hybridized carbons (Fsp3) is 0.348. The third-order valence-electron chi connectivity index (χ3n) is 5.76. The van der Waals surface area contributed by atoms with Crippen LogP contribution in [0, 0.1) is 6.92 Å². The summed E-state index contributed by atoms with van der Waals surface area (Å²) in [5.74, 6) is 1.63. The molecule has 30 heavy (non-hydrogen) atoms. The van der Waals surface area contributed by atoms with Crippen molar-refractivity contribution in [2.45, 2.75) is 38.4 Å². The summed E-state index contributed by atoms with van der Waals surface area (Å²) in [6.07, 6.45) is 1.19. The molecular weight excluding hydrogens is 407 g/mol. The molecule has 2 aromatic carbocycles. The van der Waals surface area contributed by atoms with E-state index in [9.17, 15) is 8.68 Å². The second kappa shape index (κ2) is 6.67. The number of methoxy groups -OCH3 is 1. The molecule has 5 rings (SSSR count). The predicted molar refractivity (Wildman–Crippen MR) is 113 cm³/mol. The van der Waals surface area contributed by atoms with E-state index in [2.05, 4.69) is 0 Å². The maximum atomic E-state index is 13.8. The molecule has 0 fully saturated rings. The van der Waals surface area contributed by atoms with Crippen LogP contribution in [-0.2, 0) is 0 Å². The molecule has 3 heterocycles. The summed E-state index contributed by atoms with van der Waals surface area (Å²) >= 11 is 0.131. The Morgan fingerprint density at radius 3 is 2.77 bits per heavy atom. The zero-order valence-electron chi connectivity index (χ0n) is 17.1. The van der Waals surface area contributed by atoms with Crippen LogP contribution in [0.3, 0.4) is 0 Å². The standard InChI is InChI=1S/C23H21FO5S/c1-11-7-16-13(8-15(11)26-4)19-17(10-27-16)28-22-12(21(19)25)5-6-14-20(22)18(30-24)9-23(2,3)29-14/h5-9,17,19H,10H2,1-4H3/t17-,19+/m1/s1. The van der Waals surface area contributed by atoms with Crippen LogP contribution in [0.15, 0.2) is 30.3 Å². The Morgan fingerprint density at radius 2 is 2.03 bits per heavy atom. The summed E-state index contributed by atoms with van der Waals surface area (Å²) in [5.41, 5.74) is 1.93. The van der Waals surface area contributed by atoms with Gasteiger partial charge in [0, 0.05) is 5.56 Å². The van der Waals surface area contributed by atoms with Crippen molar-refractivity contribution in [2.75, 3.05) is 13.7 Å². The molecule has 156 valence electrons. The zero-order valence-corrected chi connectivity index (χ0v) is 17.9. The second-order valence-electron chi connectivity index (χ2n) is 8.28. The number of carbonyl (C=O) groups is 1. The van der Waals surface area contributed by atoms with Gasteiger partial charge in [0.15, 0.2) is 5.78 Å². The third-order valence-corrected chi connectivity index (χ3v) is 6.24. The number of hydrogen-bond acceptors (Lipinski definition) is 6. The van der Waals surface area contributed by atoms with Crippen LogP contribution in [0.4, 0.5) is 3.89 Å². The average Bonchev–Trinajstić information content (AvgIpc) is 2.71. The Morgan fingerprint density at radius 1 is 1.23 bits per heavy atom. The van der Waals surface area contributed by atoms with Crippen LogP contribution in [0.5, 0.6) is 23.0 Å². The van der Waals surface area contributed by atoms with Gasteiger partial charge in [-0.05, 0) is 56.7 Å². The van der Waals surface area contributed by atoms with Crippen molar-refractivity contribution in [1.29, 1.82) is 0 Å². The van der Waals surface area contributed by atoms with E-state index < -0.39 is 17.6 Å². The number of benzene rings is 2. The van der Waals surface area contributed by atoms with Gasteiger partial charge in [-0.25, -0.2) is 0 Å². The van der Waals surface area contributed by atoms with Crippen molar-refractivity contribution in [2.24, 2.45) is 0 Å². The quantitative estimate of drug-likeness (QED) is 0.651. The molecule has 5 nitrogen and oxygen atoms in total. The van der Waals surface area contributed by atoms with Gasteiger partial charge in [0.2, 0.25) is 0 Å². The smallest absolute Gasteiger partial charge is 0.178 e. The molecule has 0 amide bonds.